The van der Waals surface area contributed by atoms with Crippen molar-refractivity contribution in [3.63, 3.8) is 0 Å². The fourth-order valence-electron chi connectivity index (χ4n) is 3.04. The van der Waals surface area contributed by atoms with Crippen LogP contribution in [-0.4, -0.2) is 29.7 Å². The van der Waals surface area contributed by atoms with Crippen LogP contribution in [0.15, 0.2) is 59.6 Å². The first kappa shape index (κ1) is 23.2. The minimum absolute atomic E-state index is 0.177. The molecule has 32 heavy (non-hydrogen) atoms. The number of hydrogen-bond acceptors (Lipinski definition) is 4. The lowest BCUT2D eigenvalue weighted by Crippen LogP contribution is -2.14. The van der Waals surface area contributed by atoms with Crippen LogP contribution in [-0.2, 0) is 17.4 Å². The molecule has 0 spiro atoms. The number of aryl methyl sites for hydroxylation is 1. The van der Waals surface area contributed by atoms with Gasteiger partial charge in [-0.25, -0.2) is 4.79 Å². The van der Waals surface area contributed by atoms with Crippen LogP contribution in [0.4, 0.5) is 18.2 Å². The molecule has 1 aromatic heterocycles. The minimum atomic E-state index is -4.44. The number of thiophene rings is 1. The van der Waals surface area contributed by atoms with E-state index in [2.05, 4.69) is 10.3 Å². The van der Waals surface area contributed by atoms with E-state index in [-0.39, 0.29) is 18.0 Å². The Labute approximate surface area is 186 Å². The Hall–Kier alpha value is -3.46. The minimum Gasteiger partial charge on any atom is -0.476 e. The molecule has 2 aromatic carbocycles. The zero-order valence-electron chi connectivity index (χ0n) is 17.2. The predicted octanol–water partition coefficient (Wildman–Crippen LogP) is 5.42. The van der Waals surface area contributed by atoms with Gasteiger partial charge in [-0.3, -0.25) is 9.79 Å². The quantitative estimate of drug-likeness (QED) is 0.482. The summed E-state index contributed by atoms with van der Waals surface area (Å²) in [5.41, 5.74) is 1.60. The van der Waals surface area contributed by atoms with E-state index < -0.39 is 17.7 Å². The molecule has 1 amide bonds. The number of nitrogens with zero attached hydrogens (tertiary/aromatic N) is 1. The van der Waals surface area contributed by atoms with Crippen molar-refractivity contribution < 1.29 is 27.9 Å². The molecule has 0 saturated heterocycles. The van der Waals surface area contributed by atoms with Crippen molar-refractivity contribution in [2.75, 3.05) is 12.4 Å². The average molecular weight is 460 g/mol. The van der Waals surface area contributed by atoms with E-state index in [1.165, 1.54) is 19.2 Å². The molecule has 0 fully saturated rings. The van der Waals surface area contributed by atoms with Crippen LogP contribution >= 0.6 is 11.3 Å². The molecule has 1 heterocycles. The number of carboxylic acid groups (broad SMARTS) is 1. The Balaban J connectivity index is 1.91. The second-order valence-corrected chi connectivity index (χ2v) is 8.09. The molecule has 0 bridgehead atoms. The summed E-state index contributed by atoms with van der Waals surface area (Å²) in [5.74, 6) is -1.59. The number of anilines is 1. The standard InChI is InChI=1S/C23H19F3N2O3S/c1-13-3-7-15(8-4-13)21(29)28-18-12-16(20(32-18)19(27-2)22(30)31)11-14-5-9-17(10-6-14)23(24,25)26/h3-10,12H,11H2,1-2H3,(H,28,29)(H,30,31). The van der Waals surface area contributed by atoms with Crippen LogP contribution in [0.25, 0.3) is 0 Å². The molecule has 0 atom stereocenters. The first-order valence-corrected chi connectivity index (χ1v) is 10.3. The van der Waals surface area contributed by atoms with Crippen molar-refractivity contribution in [3.8, 4) is 0 Å². The van der Waals surface area contributed by atoms with E-state index in [0.29, 0.717) is 26.6 Å². The highest BCUT2D eigenvalue weighted by atomic mass is 32.1. The number of nitrogens with one attached hydrogen (secondary N) is 1. The fraction of sp³-hybridized carbons (Fsp3) is 0.174. The van der Waals surface area contributed by atoms with E-state index >= 15 is 0 Å². The van der Waals surface area contributed by atoms with Gasteiger partial charge in [0, 0.05) is 12.6 Å². The Morgan fingerprint density at radius 1 is 1.06 bits per heavy atom. The van der Waals surface area contributed by atoms with Crippen molar-refractivity contribution in [1.29, 1.82) is 0 Å². The van der Waals surface area contributed by atoms with Gasteiger partial charge in [0.25, 0.3) is 5.91 Å². The highest BCUT2D eigenvalue weighted by Gasteiger charge is 2.30. The zero-order valence-corrected chi connectivity index (χ0v) is 18.0. The van der Waals surface area contributed by atoms with Gasteiger partial charge in [-0.1, -0.05) is 29.8 Å². The molecule has 0 aliphatic rings. The van der Waals surface area contributed by atoms with Gasteiger partial charge < -0.3 is 10.4 Å². The summed E-state index contributed by atoms with van der Waals surface area (Å²) in [6.45, 7) is 1.90. The van der Waals surface area contributed by atoms with E-state index in [0.717, 1.165) is 29.0 Å². The monoisotopic (exact) mass is 460 g/mol. The second-order valence-electron chi connectivity index (χ2n) is 7.03. The van der Waals surface area contributed by atoms with Crippen molar-refractivity contribution in [2.45, 2.75) is 19.5 Å². The SMILES string of the molecule is CN=C(C(=O)O)c1sc(NC(=O)c2ccc(C)cc2)cc1Cc1ccc(C(F)(F)F)cc1. The number of benzene rings is 2. The van der Waals surface area contributed by atoms with Crippen molar-refractivity contribution in [1.82, 2.24) is 0 Å². The first-order valence-electron chi connectivity index (χ1n) is 9.46. The van der Waals surface area contributed by atoms with Crippen LogP contribution < -0.4 is 5.32 Å². The number of carboxylic acids is 1. The molecule has 0 radical (unpaired) electrons. The molecule has 166 valence electrons. The normalized spacial score (nSPS) is 12.0. The van der Waals surface area contributed by atoms with Crippen molar-refractivity contribution >= 4 is 33.9 Å². The molecule has 3 aromatic rings. The van der Waals surface area contributed by atoms with Gasteiger partial charge in [-0.05, 0) is 54.8 Å². The predicted molar refractivity (Wildman–Crippen MR) is 118 cm³/mol. The molecule has 0 aliphatic carbocycles. The van der Waals surface area contributed by atoms with Gasteiger partial charge in [0.05, 0.1) is 15.4 Å². The molecular formula is C23H19F3N2O3S. The number of rotatable bonds is 6. The number of carbonyl (C=O) groups is 2. The number of carbonyl (C=O) groups excluding carboxylic acids is 1. The smallest absolute Gasteiger partial charge is 0.416 e. The van der Waals surface area contributed by atoms with E-state index in [9.17, 15) is 27.9 Å². The number of amides is 1. The number of aliphatic carboxylic acids is 1. The van der Waals surface area contributed by atoms with Crippen LogP contribution in [0, 0.1) is 6.92 Å². The molecular weight excluding hydrogens is 441 g/mol. The third-order valence-electron chi connectivity index (χ3n) is 4.68. The lowest BCUT2D eigenvalue weighted by molar-refractivity contribution is -0.137. The summed E-state index contributed by atoms with van der Waals surface area (Å²) in [6.07, 6.45) is -4.26. The average Bonchev–Trinajstić information content (AvgIpc) is 3.10. The lowest BCUT2D eigenvalue weighted by Gasteiger charge is -2.08. The molecule has 9 heteroatoms. The van der Waals surface area contributed by atoms with E-state index in [4.69, 9.17) is 0 Å². The Morgan fingerprint density at radius 2 is 1.69 bits per heavy atom. The number of halogens is 3. The maximum atomic E-state index is 12.8. The summed E-state index contributed by atoms with van der Waals surface area (Å²) in [7, 11) is 1.34. The maximum absolute atomic E-state index is 12.8. The molecule has 0 unspecified atom stereocenters. The van der Waals surface area contributed by atoms with Crippen LogP contribution in [0.3, 0.4) is 0 Å². The van der Waals surface area contributed by atoms with Gasteiger partial charge in [-0.15, -0.1) is 11.3 Å². The molecule has 2 N–H and O–H groups in total. The Morgan fingerprint density at radius 3 is 2.22 bits per heavy atom. The number of aliphatic imine (C=N–C) groups is 1. The number of hydrogen-bond donors (Lipinski definition) is 2. The van der Waals surface area contributed by atoms with E-state index in [1.807, 2.05) is 6.92 Å². The van der Waals surface area contributed by atoms with Crippen molar-refractivity contribution in [2.24, 2.45) is 4.99 Å². The van der Waals surface area contributed by atoms with Gasteiger partial charge in [0.1, 0.15) is 0 Å². The molecule has 0 saturated carbocycles. The van der Waals surface area contributed by atoms with Gasteiger partial charge in [0.15, 0.2) is 5.71 Å². The van der Waals surface area contributed by atoms with Gasteiger partial charge >= 0.3 is 12.1 Å². The van der Waals surface area contributed by atoms with Crippen LogP contribution in [0.2, 0.25) is 0 Å². The summed E-state index contributed by atoms with van der Waals surface area (Å²) in [5, 5.41) is 12.7. The summed E-state index contributed by atoms with van der Waals surface area (Å²) >= 11 is 1.05. The highest BCUT2D eigenvalue weighted by Crippen LogP contribution is 2.32. The third kappa shape index (κ3) is 5.42. The Kier molecular flexibility index (Phi) is 6.78. The maximum Gasteiger partial charge on any atom is 0.416 e. The van der Waals surface area contributed by atoms with Crippen molar-refractivity contribution in [3.05, 3.63) is 87.3 Å². The third-order valence-corrected chi connectivity index (χ3v) is 5.78. The first-order chi connectivity index (χ1) is 15.1. The number of alkyl halides is 3. The summed E-state index contributed by atoms with van der Waals surface area (Å²) < 4.78 is 38.5. The van der Waals surface area contributed by atoms with Crippen LogP contribution in [0.5, 0.6) is 0 Å². The van der Waals surface area contributed by atoms with Gasteiger partial charge in [-0.2, -0.15) is 13.2 Å². The lowest BCUT2D eigenvalue weighted by atomic mass is 10.0. The second kappa shape index (κ2) is 9.35. The van der Waals surface area contributed by atoms with Crippen LogP contribution in [0.1, 0.15) is 37.5 Å². The topological polar surface area (TPSA) is 78.8 Å². The summed E-state index contributed by atoms with van der Waals surface area (Å²) in [6, 6.07) is 13.2. The van der Waals surface area contributed by atoms with E-state index in [1.54, 1.807) is 30.3 Å². The van der Waals surface area contributed by atoms with Gasteiger partial charge in [0.2, 0.25) is 0 Å². The summed E-state index contributed by atoms with van der Waals surface area (Å²) in [4.78, 5) is 28.4. The molecule has 5 nitrogen and oxygen atoms in total. The highest BCUT2D eigenvalue weighted by molar-refractivity contribution is 7.19. The fourth-order valence-corrected chi connectivity index (χ4v) is 4.14. The molecule has 3 rings (SSSR count). The largest absolute Gasteiger partial charge is 0.476 e. The molecule has 0 aliphatic heterocycles. The Bertz CT molecular complexity index is 1160. The zero-order chi connectivity index (χ0) is 23.5.